The number of pyridine rings is 1. The quantitative estimate of drug-likeness (QED) is 0.414. The fourth-order valence-electron chi connectivity index (χ4n) is 6.01. The van der Waals surface area contributed by atoms with Gasteiger partial charge < -0.3 is 4.98 Å². The third-order valence-corrected chi connectivity index (χ3v) is 8.09. The number of aromatic nitrogens is 5. The van der Waals surface area contributed by atoms with Crippen LogP contribution in [0.25, 0.3) is 10.9 Å². The number of nitrogens with zero attached hydrogens (tertiary/aromatic N) is 6. The molecule has 1 saturated carbocycles. The second-order valence-electron chi connectivity index (χ2n) is 10.4. The summed E-state index contributed by atoms with van der Waals surface area (Å²) in [6.45, 7) is 6.66. The van der Waals surface area contributed by atoms with Crippen LogP contribution in [-0.4, -0.2) is 61.2 Å². The van der Waals surface area contributed by atoms with E-state index in [1.165, 1.54) is 24.0 Å². The lowest BCUT2D eigenvalue weighted by Crippen LogP contribution is -2.48. The highest BCUT2D eigenvalue weighted by molar-refractivity contribution is 5.80. The normalized spacial score (nSPS) is 18.5. The molecular weight excluding hydrogens is 462 g/mol. The van der Waals surface area contributed by atoms with Crippen molar-refractivity contribution in [1.82, 2.24) is 35.0 Å². The molecule has 2 aromatic heterocycles. The molecule has 6 rings (SSSR count). The molecule has 1 atom stereocenters. The minimum absolute atomic E-state index is 0.0607. The Bertz CT molecular complexity index is 1400. The van der Waals surface area contributed by atoms with Crippen molar-refractivity contribution in [1.29, 1.82) is 0 Å². The van der Waals surface area contributed by atoms with E-state index >= 15 is 0 Å². The van der Waals surface area contributed by atoms with Gasteiger partial charge in [0.1, 0.15) is 6.04 Å². The molecule has 1 aliphatic heterocycles. The summed E-state index contributed by atoms with van der Waals surface area (Å²) in [6.07, 6.45) is 5.52. The van der Waals surface area contributed by atoms with Gasteiger partial charge in [-0.05, 0) is 64.4 Å². The average Bonchev–Trinajstić information content (AvgIpc) is 3.63. The van der Waals surface area contributed by atoms with Crippen molar-refractivity contribution in [3.8, 4) is 0 Å². The van der Waals surface area contributed by atoms with Crippen molar-refractivity contribution in [2.75, 3.05) is 26.2 Å². The van der Waals surface area contributed by atoms with Gasteiger partial charge in [-0.2, -0.15) is 0 Å². The van der Waals surface area contributed by atoms with Gasteiger partial charge in [-0.1, -0.05) is 56.2 Å². The molecule has 0 radical (unpaired) electrons. The molecule has 1 saturated heterocycles. The Labute approximate surface area is 217 Å². The molecule has 2 fully saturated rings. The third-order valence-electron chi connectivity index (χ3n) is 8.09. The predicted octanol–water partition coefficient (Wildman–Crippen LogP) is 4.10. The van der Waals surface area contributed by atoms with Crippen molar-refractivity contribution in [2.45, 2.75) is 57.7 Å². The molecule has 8 nitrogen and oxygen atoms in total. The number of aromatic amines is 1. The number of hydrogen-bond donors (Lipinski definition) is 1. The molecule has 1 aliphatic carbocycles. The van der Waals surface area contributed by atoms with E-state index in [4.69, 9.17) is 0 Å². The molecule has 0 amide bonds. The van der Waals surface area contributed by atoms with Crippen molar-refractivity contribution in [2.24, 2.45) is 0 Å². The lowest BCUT2D eigenvalue weighted by atomic mass is 10.0. The monoisotopic (exact) mass is 497 g/mol. The van der Waals surface area contributed by atoms with Crippen LogP contribution in [-0.2, 0) is 13.0 Å². The summed E-state index contributed by atoms with van der Waals surface area (Å²) >= 11 is 0. The zero-order valence-corrected chi connectivity index (χ0v) is 21.5. The summed E-state index contributed by atoms with van der Waals surface area (Å²) in [5.41, 5.74) is 4.12. The summed E-state index contributed by atoms with van der Waals surface area (Å²) in [5, 5.41) is 14.2. The van der Waals surface area contributed by atoms with Crippen LogP contribution in [0.1, 0.15) is 67.2 Å². The number of benzene rings is 2. The minimum Gasteiger partial charge on any atom is -0.322 e. The highest BCUT2D eigenvalue weighted by Gasteiger charge is 2.34. The van der Waals surface area contributed by atoms with Gasteiger partial charge in [0.25, 0.3) is 5.56 Å². The molecule has 1 N–H and O–H groups in total. The smallest absolute Gasteiger partial charge is 0.253 e. The molecule has 2 aromatic carbocycles. The molecule has 4 aromatic rings. The van der Waals surface area contributed by atoms with Gasteiger partial charge in [0.15, 0.2) is 5.82 Å². The second-order valence-corrected chi connectivity index (χ2v) is 10.4. The molecule has 2 aliphatic rings. The Balaban J connectivity index is 1.35. The lowest BCUT2D eigenvalue weighted by molar-refractivity contribution is 0.0989. The number of nitrogens with one attached hydrogen (secondary N) is 1. The largest absolute Gasteiger partial charge is 0.322 e. The van der Waals surface area contributed by atoms with E-state index in [0.717, 1.165) is 74.3 Å². The number of fused-ring (bicyclic) bond motifs is 1. The Morgan fingerprint density at radius 1 is 0.973 bits per heavy atom. The predicted molar refractivity (Wildman–Crippen MR) is 144 cm³/mol. The maximum Gasteiger partial charge on any atom is 0.253 e. The summed E-state index contributed by atoms with van der Waals surface area (Å²) in [7, 11) is 0. The van der Waals surface area contributed by atoms with Crippen LogP contribution in [0.15, 0.2) is 59.4 Å². The van der Waals surface area contributed by atoms with Crippen molar-refractivity contribution < 1.29 is 0 Å². The van der Waals surface area contributed by atoms with E-state index in [2.05, 4.69) is 85.8 Å². The zero-order valence-electron chi connectivity index (χ0n) is 21.5. The van der Waals surface area contributed by atoms with E-state index in [-0.39, 0.29) is 11.6 Å². The van der Waals surface area contributed by atoms with Crippen LogP contribution in [0.3, 0.4) is 0 Å². The van der Waals surface area contributed by atoms with E-state index < -0.39 is 0 Å². The second kappa shape index (κ2) is 10.6. The molecular formula is C29H35N7O. The zero-order chi connectivity index (χ0) is 25.2. The van der Waals surface area contributed by atoms with Gasteiger partial charge in [-0.3, -0.25) is 14.6 Å². The first-order valence-corrected chi connectivity index (χ1v) is 13.6. The topological polar surface area (TPSA) is 82.9 Å². The van der Waals surface area contributed by atoms with Crippen LogP contribution in [0.2, 0.25) is 0 Å². The van der Waals surface area contributed by atoms with E-state index in [1.54, 1.807) is 0 Å². The number of rotatable bonds is 7. The van der Waals surface area contributed by atoms with Gasteiger partial charge in [-0.15, -0.1) is 5.10 Å². The molecule has 37 heavy (non-hydrogen) atoms. The number of piperazine rings is 1. The molecule has 0 unspecified atom stereocenters. The van der Waals surface area contributed by atoms with E-state index in [9.17, 15) is 4.79 Å². The third kappa shape index (κ3) is 4.95. The Morgan fingerprint density at radius 2 is 1.76 bits per heavy atom. The Kier molecular flexibility index (Phi) is 6.85. The first-order chi connectivity index (χ1) is 18.2. The summed E-state index contributed by atoms with van der Waals surface area (Å²) < 4.78 is 2.01. The van der Waals surface area contributed by atoms with Crippen LogP contribution in [0, 0.1) is 0 Å². The van der Waals surface area contributed by atoms with Crippen LogP contribution in [0.4, 0.5) is 0 Å². The number of H-pyrrole nitrogens is 1. The van der Waals surface area contributed by atoms with E-state index in [0.29, 0.717) is 6.04 Å². The molecule has 192 valence electrons. The number of hydrogen-bond acceptors (Lipinski definition) is 6. The Hall–Kier alpha value is -3.36. The van der Waals surface area contributed by atoms with Gasteiger partial charge in [0.2, 0.25) is 0 Å². The Morgan fingerprint density at radius 3 is 2.51 bits per heavy atom. The average molecular weight is 498 g/mol. The maximum absolute atomic E-state index is 13.5. The molecule has 3 heterocycles. The molecule has 0 bridgehead atoms. The van der Waals surface area contributed by atoms with Crippen LogP contribution in [0.5, 0.6) is 0 Å². The SMILES string of the molecule is CCc1ccc2[nH]c(=O)c([C@@H](c3nnnn3C3CCCC3)N3CCN(Cc4ccccc4)CC3)cc2c1. The van der Waals surface area contributed by atoms with Gasteiger partial charge >= 0.3 is 0 Å². The minimum atomic E-state index is -0.284. The number of aryl methyl sites for hydroxylation is 1. The van der Waals surface area contributed by atoms with Crippen LogP contribution < -0.4 is 5.56 Å². The fraction of sp³-hybridized carbons (Fsp3) is 0.448. The van der Waals surface area contributed by atoms with E-state index in [1.807, 2.05) is 10.7 Å². The first-order valence-electron chi connectivity index (χ1n) is 13.6. The highest BCUT2D eigenvalue weighted by atomic mass is 16.1. The van der Waals surface area contributed by atoms with Crippen LogP contribution >= 0.6 is 0 Å². The standard InChI is InChI=1S/C29H35N7O/c1-2-21-12-13-26-23(18-21)19-25(29(37)30-26)27(28-31-32-33-36(28)24-10-6-7-11-24)35-16-14-34(15-17-35)20-22-8-4-3-5-9-22/h3-5,8-9,12-13,18-19,24,27H,2,6-7,10-11,14-17,20H2,1H3,(H,30,37)/t27-/m0/s1. The molecule has 0 spiro atoms. The fourth-order valence-corrected chi connectivity index (χ4v) is 6.01. The van der Waals surface area contributed by atoms with Gasteiger partial charge in [-0.25, -0.2) is 4.68 Å². The maximum atomic E-state index is 13.5. The summed E-state index contributed by atoms with van der Waals surface area (Å²) in [4.78, 5) is 21.6. The van der Waals surface area contributed by atoms with Gasteiger partial charge in [0, 0.05) is 43.8 Å². The first kappa shape index (κ1) is 24.0. The summed E-state index contributed by atoms with van der Waals surface area (Å²) in [6, 6.07) is 19.0. The number of tetrazole rings is 1. The lowest BCUT2D eigenvalue weighted by Gasteiger charge is -2.39. The van der Waals surface area contributed by atoms with Crippen molar-refractivity contribution in [3.63, 3.8) is 0 Å². The highest BCUT2D eigenvalue weighted by Crippen LogP contribution is 2.34. The van der Waals surface area contributed by atoms with Gasteiger partial charge in [0.05, 0.1) is 6.04 Å². The summed E-state index contributed by atoms with van der Waals surface area (Å²) in [5.74, 6) is 0.792. The van der Waals surface area contributed by atoms with Crippen molar-refractivity contribution in [3.05, 3.63) is 87.5 Å². The van der Waals surface area contributed by atoms with Crippen molar-refractivity contribution >= 4 is 10.9 Å². The molecule has 8 heteroatoms.